The number of thiazole rings is 1. The molecule has 1 atom stereocenters. The molecule has 102 valence electrons. The highest BCUT2D eigenvalue weighted by atomic mass is 32.1. The minimum Gasteiger partial charge on any atom is -0.308 e. The van der Waals surface area contributed by atoms with Crippen molar-refractivity contribution in [1.29, 1.82) is 0 Å². The minimum absolute atomic E-state index is 0.0890. The third kappa shape index (κ3) is 4.08. The van der Waals surface area contributed by atoms with Gasteiger partial charge >= 0.3 is 0 Å². The van der Waals surface area contributed by atoms with Crippen molar-refractivity contribution in [2.24, 2.45) is 0 Å². The summed E-state index contributed by atoms with van der Waals surface area (Å²) in [6.45, 7) is 5.02. The molecule has 2 aromatic rings. The van der Waals surface area contributed by atoms with Gasteiger partial charge < -0.3 is 5.32 Å². The van der Waals surface area contributed by atoms with E-state index in [0.29, 0.717) is 0 Å². The Labute approximate surface area is 116 Å². The molecule has 0 fully saturated rings. The molecule has 5 heteroatoms. The van der Waals surface area contributed by atoms with Crippen LogP contribution in [0.15, 0.2) is 23.7 Å². The van der Waals surface area contributed by atoms with Gasteiger partial charge in [-0.1, -0.05) is 6.92 Å². The number of nitrogens with one attached hydrogen (secondary N) is 1. The van der Waals surface area contributed by atoms with E-state index in [-0.39, 0.29) is 11.9 Å². The molecular weight excluding hydrogens is 261 g/mol. The number of aromatic nitrogens is 2. The molecule has 0 radical (unpaired) electrons. The summed E-state index contributed by atoms with van der Waals surface area (Å²) >= 11 is 1.66. The predicted molar refractivity (Wildman–Crippen MR) is 75.8 cm³/mol. The molecule has 2 heterocycles. The lowest BCUT2D eigenvalue weighted by Crippen LogP contribution is -2.25. The fourth-order valence-corrected chi connectivity index (χ4v) is 2.68. The Morgan fingerprint density at radius 3 is 2.84 bits per heavy atom. The van der Waals surface area contributed by atoms with Crippen LogP contribution in [0.3, 0.4) is 0 Å². The summed E-state index contributed by atoms with van der Waals surface area (Å²) in [6, 6.07) is 3.28. The van der Waals surface area contributed by atoms with Crippen LogP contribution in [0.2, 0.25) is 0 Å². The molecule has 0 spiro atoms. The zero-order chi connectivity index (χ0) is 13.7. The molecule has 0 saturated carbocycles. The van der Waals surface area contributed by atoms with E-state index in [4.69, 9.17) is 0 Å². The van der Waals surface area contributed by atoms with E-state index in [1.807, 2.05) is 12.3 Å². The highest BCUT2D eigenvalue weighted by Crippen LogP contribution is 2.19. The molecular formula is C14H18FN3S. The van der Waals surface area contributed by atoms with E-state index in [1.54, 1.807) is 17.4 Å². The van der Waals surface area contributed by atoms with Gasteiger partial charge in [0.05, 0.1) is 22.9 Å². The molecule has 0 amide bonds. The third-order valence-corrected chi connectivity index (χ3v) is 3.78. The number of pyridine rings is 1. The van der Waals surface area contributed by atoms with E-state index in [9.17, 15) is 4.39 Å². The zero-order valence-electron chi connectivity index (χ0n) is 11.2. The molecule has 0 aliphatic carbocycles. The summed E-state index contributed by atoms with van der Waals surface area (Å²) in [5.41, 5.74) is 1.91. The summed E-state index contributed by atoms with van der Waals surface area (Å²) in [5.74, 6) is -0.303. The van der Waals surface area contributed by atoms with Gasteiger partial charge in [-0.15, -0.1) is 11.3 Å². The van der Waals surface area contributed by atoms with Crippen molar-refractivity contribution in [3.8, 4) is 0 Å². The molecule has 0 aliphatic rings. The summed E-state index contributed by atoms with van der Waals surface area (Å²) in [5, 5.41) is 6.57. The second-order valence-electron chi connectivity index (χ2n) is 4.49. The van der Waals surface area contributed by atoms with Crippen LogP contribution in [0, 0.1) is 12.7 Å². The lowest BCUT2D eigenvalue weighted by molar-refractivity contribution is 0.513. The van der Waals surface area contributed by atoms with Gasteiger partial charge in [0.2, 0.25) is 0 Å². The largest absolute Gasteiger partial charge is 0.308 e. The molecule has 0 aromatic carbocycles. The van der Waals surface area contributed by atoms with Crippen LogP contribution in [0.1, 0.15) is 35.8 Å². The van der Waals surface area contributed by atoms with E-state index in [1.165, 1.54) is 12.3 Å². The van der Waals surface area contributed by atoms with Gasteiger partial charge in [-0.05, 0) is 32.0 Å². The topological polar surface area (TPSA) is 37.8 Å². The van der Waals surface area contributed by atoms with Crippen molar-refractivity contribution in [1.82, 2.24) is 15.3 Å². The van der Waals surface area contributed by atoms with Crippen LogP contribution in [-0.2, 0) is 6.42 Å². The minimum atomic E-state index is -0.303. The van der Waals surface area contributed by atoms with Gasteiger partial charge in [-0.25, -0.2) is 9.37 Å². The van der Waals surface area contributed by atoms with Gasteiger partial charge in [-0.3, -0.25) is 4.98 Å². The first-order valence-electron chi connectivity index (χ1n) is 6.45. The summed E-state index contributed by atoms with van der Waals surface area (Å²) < 4.78 is 12.9. The Morgan fingerprint density at radius 2 is 2.26 bits per heavy atom. The van der Waals surface area contributed by atoms with Crippen molar-refractivity contribution in [3.63, 3.8) is 0 Å². The SMILES string of the molecule is CCCNC(Cc1nc(C)cs1)c1ccc(F)cn1. The maximum atomic E-state index is 12.9. The standard InChI is InChI=1S/C14H18FN3S/c1-3-6-16-13(7-14-18-10(2)9-19-14)12-5-4-11(15)8-17-12/h4-5,8-9,13,16H,3,6-7H2,1-2H3. The number of aryl methyl sites for hydroxylation is 1. The monoisotopic (exact) mass is 279 g/mol. The Balaban J connectivity index is 2.13. The predicted octanol–water partition coefficient (Wildman–Crippen LogP) is 3.27. The van der Waals surface area contributed by atoms with Crippen molar-refractivity contribution < 1.29 is 4.39 Å². The summed E-state index contributed by atoms with van der Waals surface area (Å²) in [4.78, 5) is 8.65. The smallest absolute Gasteiger partial charge is 0.141 e. The fourth-order valence-electron chi connectivity index (χ4n) is 1.86. The number of hydrogen-bond donors (Lipinski definition) is 1. The van der Waals surface area contributed by atoms with Gasteiger partial charge in [0.1, 0.15) is 5.82 Å². The first kappa shape index (κ1) is 14.1. The van der Waals surface area contributed by atoms with Crippen molar-refractivity contribution >= 4 is 11.3 Å². The number of halogens is 1. The molecule has 0 saturated heterocycles. The maximum absolute atomic E-state index is 12.9. The molecule has 0 bridgehead atoms. The van der Waals surface area contributed by atoms with E-state index >= 15 is 0 Å². The highest BCUT2D eigenvalue weighted by Gasteiger charge is 2.14. The molecule has 19 heavy (non-hydrogen) atoms. The third-order valence-electron chi connectivity index (χ3n) is 2.79. The lowest BCUT2D eigenvalue weighted by atomic mass is 10.1. The average molecular weight is 279 g/mol. The number of hydrogen-bond acceptors (Lipinski definition) is 4. The van der Waals surface area contributed by atoms with Crippen molar-refractivity contribution in [3.05, 3.63) is 45.9 Å². The number of rotatable bonds is 6. The first-order valence-corrected chi connectivity index (χ1v) is 7.33. The molecule has 3 nitrogen and oxygen atoms in total. The van der Waals surface area contributed by atoms with E-state index < -0.39 is 0 Å². The van der Waals surface area contributed by atoms with Gasteiger partial charge in [0.25, 0.3) is 0 Å². The summed E-state index contributed by atoms with van der Waals surface area (Å²) in [6.07, 6.45) is 3.11. The quantitative estimate of drug-likeness (QED) is 0.882. The van der Waals surface area contributed by atoms with Gasteiger partial charge in [-0.2, -0.15) is 0 Å². The maximum Gasteiger partial charge on any atom is 0.141 e. The van der Waals surface area contributed by atoms with Crippen LogP contribution >= 0.6 is 11.3 Å². The molecule has 0 aliphatic heterocycles. The Morgan fingerprint density at radius 1 is 1.42 bits per heavy atom. The van der Waals surface area contributed by atoms with Crippen LogP contribution in [0.5, 0.6) is 0 Å². The van der Waals surface area contributed by atoms with Gasteiger partial charge in [0, 0.05) is 17.5 Å². The Hall–Kier alpha value is -1.33. The average Bonchev–Trinajstić information content (AvgIpc) is 2.81. The molecule has 1 unspecified atom stereocenters. The van der Waals surface area contributed by atoms with Crippen LogP contribution in [0.25, 0.3) is 0 Å². The second-order valence-corrected chi connectivity index (χ2v) is 5.44. The highest BCUT2D eigenvalue weighted by molar-refractivity contribution is 7.09. The van der Waals surface area contributed by atoms with Crippen LogP contribution < -0.4 is 5.32 Å². The van der Waals surface area contributed by atoms with Crippen LogP contribution in [0.4, 0.5) is 4.39 Å². The first-order chi connectivity index (χ1) is 9.19. The molecule has 2 rings (SSSR count). The normalized spacial score (nSPS) is 12.6. The lowest BCUT2D eigenvalue weighted by Gasteiger charge is -2.16. The zero-order valence-corrected chi connectivity index (χ0v) is 12.0. The molecule has 2 aromatic heterocycles. The van der Waals surface area contributed by atoms with Crippen molar-refractivity contribution in [2.45, 2.75) is 32.7 Å². The van der Waals surface area contributed by atoms with Crippen LogP contribution in [-0.4, -0.2) is 16.5 Å². The van der Waals surface area contributed by atoms with E-state index in [2.05, 4.69) is 22.2 Å². The van der Waals surface area contributed by atoms with E-state index in [0.717, 1.165) is 35.8 Å². The van der Waals surface area contributed by atoms with Gasteiger partial charge in [0.15, 0.2) is 0 Å². The Bertz CT molecular complexity index is 510. The molecule has 1 N–H and O–H groups in total. The fraction of sp³-hybridized carbons (Fsp3) is 0.429. The Kier molecular flexibility index (Phi) is 4.99. The number of nitrogens with zero attached hydrogens (tertiary/aromatic N) is 2. The summed E-state index contributed by atoms with van der Waals surface area (Å²) in [7, 11) is 0. The second kappa shape index (κ2) is 6.73. The van der Waals surface area contributed by atoms with Crippen molar-refractivity contribution in [2.75, 3.05) is 6.54 Å².